The lowest BCUT2D eigenvalue weighted by Gasteiger charge is -2.41. The first-order valence-electron chi connectivity index (χ1n) is 8.91. The fourth-order valence-corrected chi connectivity index (χ4v) is 3.94. The van der Waals surface area contributed by atoms with E-state index in [1.54, 1.807) is 7.11 Å². The SMILES string of the molecule is CCC(O)(CC)CC(c1ccc(OC)c(Br)c1)N1CCN(C)CC1.Cl.Cl. The van der Waals surface area contributed by atoms with Crippen LogP contribution in [0.15, 0.2) is 22.7 Å². The number of ether oxygens (including phenoxy) is 1. The van der Waals surface area contributed by atoms with Crippen molar-refractivity contribution < 1.29 is 9.84 Å². The number of hydrogen-bond acceptors (Lipinski definition) is 4. The van der Waals surface area contributed by atoms with Gasteiger partial charge in [0.05, 0.1) is 17.2 Å². The van der Waals surface area contributed by atoms with Crippen LogP contribution in [-0.2, 0) is 0 Å². The van der Waals surface area contributed by atoms with Crippen molar-refractivity contribution in [1.29, 1.82) is 0 Å². The highest BCUT2D eigenvalue weighted by Gasteiger charge is 2.32. The molecule has 1 N–H and O–H groups in total. The Kier molecular flexibility index (Phi) is 11.7. The Hall–Kier alpha value is -0.0400. The van der Waals surface area contributed by atoms with Crippen LogP contribution < -0.4 is 4.74 Å². The molecule has 7 heteroatoms. The summed E-state index contributed by atoms with van der Waals surface area (Å²) in [7, 11) is 3.86. The summed E-state index contributed by atoms with van der Waals surface area (Å²) in [5.41, 5.74) is 0.632. The van der Waals surface area contributed by atoms with Crippen molar-refractivity contribution in [2.75, 3.05) is 40.3 Å². The zero-order valence-corrected chi connectivity index (χ0v) is 19.4. The molecule has 1 aliphatic heterocycles. The molecule has 0 radical (unpaired) electrons. The second kappa shape index (κ2) is 11.7. The van der Waals surface area contributed by atoms with Crippen LogP contribution in [0.5, 0.6) is 5.75 Å². The van der Waals surface area contributed by atoms with Crippen LogP contribution >= 0.6 is 40.7 Å². The maximum Gasteiger partial charge on any atom is 0.133 e. The zero-order chi connectivity index (χ0) is 17.7. The van der Waals surface area contributed by atoms with Gasteiger partial charge in [0.15, 0.2) is 0 Å². The predicted octanol–water partition coefficient (Wildman–Crippen LogP) is 4.53. The van der Waals surface area contributed by atoms with E-state index >= 15 is 0 Å². The lowest BCUT2D eigenvalue weighted by molar-refractivity contribution is -0.0130. The summed E-state index contributed by atoms with van der Waals surface area (Å²) in [6.45, 7) is 8.38. The summed E-state index contributed by atoms with van der Waals surface area (Å²) in [6, 6.07) is 6.52. The average Bonchev–Trinajstić information content (AvgIpc) is 2.60. The smallest absolute Gasteiger partial charge is 0.133 e. The molecule has 0 aromatic heterocycles. The molecule has 4 nitrogen and oxygen atoms in total. The number of benzene rings is 1. The number of methoxy groups -OCH3 is 1. The number of hydrogen-bond donors (Lipinski definition) is 1. The van der Waals surface area contributed by atoms with E-state index in [0.29, 0.717) is 0 Å². The van der Waals surface area contributed by atoms with Gasteiger partial charge in [0.2, 0.25) is 0 Å². The fourth-order valence-electron chi connectivity index (χ4n) is 3.38. The van der Waals surface area contributed by atoms with Crippen LogP contribution in [0.4, 0.5) is 0 Å². The summed E-state index contributed by atoms with van der Waals surface area (Å²) >= 11 is 3.61. The number of halogens is 3. The Balaban J connectivity index is 0.00000312. The molecular formula is C19H33BrCl2N2O2. The second-order valence-corrected chi connectivity index (χ2v) is 7.74. The van der Waals surface area contributed by atoms with E-state index in [1.165, 1.54) is 5.56 Å². The topological polar surface area (TPSA) is 35.9 Å². The first-order chi connectivity index (χ1) is 11.4. The van der Waals surface area contributed by atoms with Crippen molar-refractivity contribution in [1.82, 2.24) is 9.80 Å². The van der Waals surface area contributed by atoms with E-state index in [9.17, 15) is 5.11 Å². The van der Waals surface area contributed by atoms with Crippen LogP contribution in [0, 0.1) is 0 Å². The Morgan fingerprint density at radius 1 is 1.15 bits per heavy atom. The van der Waals surface area contributed by atoms with E-state index in [2.05, 4.69) is 58.8 Å². The van der Waals surface area contributed by atoms with Gasteiger partial charge in [-0.15, -0.1) is 24.8 Å². The predicted molar refractivity (Wildman–Crippen MR) is 117 cm³/mol. The summed E-state index contributed by atoms with van der Waals surface area (Å²) in [5.74, 6) is 0.845. The van der Waals surface area contributed by atoms with E-state index in [1.807, 2.05) is 6.07 Å². The van der Waals surface area contributed by atoms with Crippen LogP contribution in [-0.4, -0.2) is 60.8 Å². The van der Waals surface area contributed by atoms with E-state index in [4.69, 9.17) is 4.74 Å². The minimum absolute atomic E-state index is 0. The fraction of sp³-hybridized carbons (Fsp3) is 0.684. The molecule has 1 aromatic carbocycles. The highest BCUT2D eigenvalue weighted by Crippen LogP contribution is 2.36. The van der Waals surface area contributed by atoms with Crippen molar-refractivity contribution in [2.45, 2.75) is 44.8 Å². The second-order valence-electron chi connectivity index (χ2n) is 6.88. The van der Waals surface area contributed by atoms with Crippen molar-refractivity contribution in [3.8, 4) is 5.75 Å². The molecular weight excluding hydrogens is 439 g/mol. The van der Waals surface area contributed by atoms with Gasteiger partial charge >= 0.3 is 0 Å². The maximum atomic E-state index is 10.9. The number of likely N-dealkylation sites (N-methyl/N-ethyl adjacent to an activating group) is 1. The van der Waals surface area contributed by atoms with Crippen LogP contribution in [0.1, 0.15) is 44.7 Å². The van der Waals surface area contributed by atoms with Gasteiger partial charge in [-0.2, -0.15) is 0 Å². The third-order valence-corrected chi connectivity index (χ3v) is 6.05. The number of aliphatic hydroxyl groups is 1. The molecule has 2 rings (SSSR count). The molecule has 0 aliphatic carbocycles. The van der Waals surface area contributed by atoms with Crippen LogP contribution in [0.25, 0.3) is 0 Å². The summed E-state index contributed by atoms with van der Waals surface area (Å²) in [4.78, 5) is 4.88. The molecule has 0 saturated carbocycles. The number of piperazine rings is 1. The minimum atomic E-state index is -0.611. The molecule has 1 unspecified atom stereocenters. The Morgan fingerprint density at radius 2 is 1.73 bits per heavy atom. The molecule has 26 heavy (non-hydrogen) atoms. The van der Waals surface area contributed by atoms with Crippen molar-refractivity contribution in [3.05, 3.63) is 28.2 Å². The molecule has 1 aromatic rings. The summed E-state index contributed by atoms with van der Waals surface area (Å²) < 4.78 is 6.34. The van der Waals surface area contributed by atoms with Gasteiger partial charge in [-0.3, -0.25) is 4.90 Å². The van der Waals surface area contributed by atoms with E-state index in [0.717, 1.165) is 55.7 Å². The molecule has 0 amide bonds. The van der Waals surface area contributed by atoms with Crippen LogP contribution in [0.2, 0.25) is 0 Å². The largest absolute Gasteiger partial charge is 0.496 e. The zero-order valence-electron chi connectivity index (χ0n) is 16.2. The normalized spacial score (nSPS) is 17.2. The number of rotatable bonds is 7. The van der Waals surface area contributed by atoms with Gasteiger partial charge in [0.25, 0.3) is 0 Å². The highest BCUT2D eigenvalue weighted by molar-refractivity contribution is 9.10. The van der Waals surface area contributed by atoms with Crippen molar-refractivity contribution in [3.63, 3.8) is 0 Å². The standard InChI is InChI=1S/C19H31BrN2O2.2ClH/c1-5-19(23,6-2)14-17(22-11-9-21(3)10-12-22)15-7-8-18(24-4)16(20)13-15;;/h7-8,13,17,23H,5-6,9-12,14H2,1-4H3;2*1H. The Labute approximate surface area is 179 Å². The molecule has 1 fully saturated rings. The highest BCUT2D eigenvalue weighted by atomic mass is 79.9. The summed E-state index contributed by atoms with van der Waals surface area (Å²) in [6.07, 6.45) is 2.33. The van der Waals surface area contributed by atoms with Gasteiger partial charge in [-0.1, -0.05) is 19.9 Å². The maximum absolute atomic E-state index is 10.9. The first kappa shape index (κ1) is 26.0. The van der Waals surface area contributed by atoms with Gasteiger partial charge in [0.1, 0.15) is 5.75 Å². The molecule has 1 saturated heterocycles. The third-order valence-electron chi connectivity index (χ3n) is 5.43. The summed E-state index contributed by atoms with van der Waals surface area (Å²) in [5, 5.41) is 10.9. The quantitative estimate of drug-likeness (QED) is 0.633. The van der Waals surface area contributed by atoms with Gasteiger partial charge in [0, 0.05) is 32.2 Å². The van der Waals surface area contributed by atoms with Crippen LogP contribution in [0.3, 0.4) is 0 Å². The number of nitrogens with zero attached hydrogens (tertiary/aromatic N) is 2. The third kappa shape index (κ3) is 6.54. The van der Waals surface area contributed by atoms with Crippen molar-refractivity contribution >= 4 is 40.7 Å². The lowest BCUT2D eigenvalue weighted by atomic mass is 9.86. The van der Waals surface area contributed by atoms with Crippen molar-refractivity contribution in [2.24, 2.45) is 0 Å². The van der Waals surface area contributed by atoms with E-state index in [-0.39, 0.29) is 30.9 Å². The lowest BCUT2D eigenvalue weighted by Crippen LogP contribution is -2.47. The molecule has 0 bridgehead atoms. The molecule has 1 heterocycles. The molecule has 0 spiro atoms. The molecule has 1 aliphatic rings. The first-order valence-corrected chi connectivity index (χ1v) is 9.70. The van der Waals surface area contributed by atoms with Gasteiger partial charge < -0.3 is 14.7 Å². The van der Waals surface area contributed by atoms with Gasteiger partial charge in [-0.05, 0) is 59.9 Å². The molecule has 152 valence electrons. The Morgan fingerprint density at radius 3 is 2.19 bits per heavy atom. The van der Waals surface area contributed by atoms with Gasteiger partial charge in [-0.25, -0.2) is 0 Å². The van der Waals surface area contributed by atoms with E-state index < -0.39 is 5.60 Å². The molecule has 1 atom stereocenters. The monoisotopic (exact) mass is 470 g/mol. The Bertz CT molecular complexity index is 536. The minimum Gasteiger partial charge on any atom is -0.496 e. The average molecular weight is 472 g/mol.